The first-order chi connectivity index (χ1) is 11.4. The van der Waals surface area contributed by atoms with E-state index in [2.05, 4.69) is 15.6 Å². The molecule has 0 saturated carbocycles. The van der Waals surface area contributed by atoms with Gasteiger partial charge in [0, 0.05) is 31.7 Å². The summed E-state index contributed by atoms with van der Waals surface area (Å²) in [5, 5.41) is 5.99. The summed E-state index contributed by atoms with van der Waals surface area (Å²) in [6.45, 7) is 3.73. The molecule has 0 atom stereocenters. The molecule has 0 aliphatic carbocycles. The minimum Gasteiger partial charge on any atom is -0.357 e. The summed E-state index contributed by atoms with van der Waals surface area (Å²) in [5.74, 6) is -0.407. The Balaban J connectivity index is 0.00000312. The second-order valence-electron chi connectivity index (χ2n) is 5.43. The van der Waals surface area contributed by atoms with Crippen LogP contribution >= 0.6 is 24.0 Å². The SMILES string of the molecule is CCNC(=NCc1cc(F)ccc1F)NCCN1CCCS1(=O)=O.I. The average molecular weight is 488 g/mol. The molecule has 0 radical (unpaired) electrons. The van der Waals surface area contributed by atoms with Crippen LogP contribution in [0.25, 0.3) is 0 Å². The van der Waals surface area contributed by atoms with Crippen LogP contribution in [0.5, 0.6) is 0 Å². The van der Waals surface area contributed by atoms with Crippen LogP contribution in [0.3, 0.4) is 0 Å². The van der Waals surface area contributed by atoms with E-state index in [4.69, 9.17) is 0 Å². The Morgan fingerprint density at radius 1 is 1.32 bits per heavy atom. The number of aliphatic imine (C=N–C) groups is 1. The van der Waals surface area contributed by atoms with E-state index in [1.165, 1.54) is 4.31 Å². The first-order valence-corrected chi connectivity index (χ1v) is 9.47. The van der Waals surface area contributed by atoms with Gasteiger partial charge in [0.1, 0.15) is 11.6 Å². The summed E-state index contributed by atoms with van der Waals surface area (Å²) in [6, 6.07) is 3.24. The molecule has 0 amide bonds. The number of halogens is 3. The fraction of sp³-hybridized carbons (Fsp3) is 0.533. The van der Waals surface area contributed by atoms with Crippen LogP contribution < -0.4 is 10.6 Å². The largest absolute Gasteiger partial charge is 0.357 e. The topological polar surface area (TPSA) is 73.8 Å². The summed E-state index contributed by atoms with van der Waals surface area (Å²) in [7, 11) is -3.12. The van der Waals surface area contributed by atoms with Gasteiger partial charge in [0.05, 0.1) is 12.3 Å². The fourth-order valence-corrected chi connectivity index (χ4v) is 3.94. The van der Waals surface area contributed by atoms with E-state index in [0.29, 0.717) is 38.6 Å². The Morgan fingerprint density at radius 2 is 2.08 bits per heavy atom. The van der Waals surface area contributed by atoms with Crippen LogP contribution in [0.1, 0.15) is 18.9 Å². The lowest BCUT2D eigenvalue weighted by molar-refractivity contribution is 0.445. The zero-order valence-electron chi connectivity index (χ0n) is 14.0. The van der Waals surface area contributed by atoms with Crippen LogP contribution in [0.15, 0.2) is 23.2 Å². The molecule has 0 spiro atoms. The van der Waals surface area contributed by atoms with E-state index < -0.39 is 21.7 Å². The molecule has 6 nitrogen and oxygen atoms in total. The summed E-state index contributed by atoms with van der Waals surface area (Å²) >= 11 is 0. The van der Waals surface area contributed by atoms with Gasteiger partial charge in [-0.3, -0.25) is 0 Å². The second kappa shape index (κ2) is 10.2. The number of guanidine groups is 1. The van der Waals surface area contributed by atoms with Crippen LogP contribution in [0.4, 0.5) is 8.78 Å². The van der Waals surface area contributed by atoms with Crippen molar-refractivity contribution in [1.82, 2.24) is 14.9 Å². The van der Waals surface area contributed by atoms with Crippen molar-refractivity contribution in [3.05, 3.63) is 35.4 Å². The van der Waals surface area contributed by atoms with Crippen LogP contribution in [-0.4, -0.2) is 50.6 Å². The molecule has 1 fully saturated rings. The third-order valence-corrected chi connectivity index (χ3v) is 5.57. The maximum Gasteiger partial charge on any atom is 0.214 e. The number of benzene rings is 1. The Hall–Kier alpha value is -1.01. The zero-order chi connectivity index (χ0) is 17.6. The molecule has 0 aromatic heterocycles. The maximum atomic E-state index is 13.6. The minimum atomic E-state index is -3.12. The highest BCUT2D eigenvalue weighted by atomic mass is 127. The van der Waals surface area contributed by atoms with Gasteiger partial charge < -0.3 is 10.6 Å². The Morgan fingerprint density at radius 3 is 2.72 bits per heavy atom. The first-order valence-electron chi connectivity index (χ1n) is 7.86. The molecular formula is C15H23F2IN4O2S. The van der Waals surface area contributed by atoms with Crippen molar-refractivity contribution in [3.63, 3.8) is 0 Å². The molecule has 1 aliphatic rings. The highest BCUT2D eigenvalue weighted by Gasteiger charge is 2.27. The van der Waals surface area contributed by atoms with Gasteiger partial charge in [0.15, 0.2) is 5.96 Å². The average Bonchev–Trinajstić information content (AvgIpc) is 2.86. The third-order valence-electron chi connectivity index (χ3n) is 3.62. The number of nitrogens with zero attached hydrogens (tertiary/aromatic N) is 2. The van der Waals surface area contributed by atoms with E-state index in [-0.39, 0.29) is 41.8 Å². The molecule has 1 saturated heterocycles. The van der Waals surface area contributed by atoms with Crippen molar-refractivity contribution in [2.45, 2.75) is 19.9 Å². The molecule has 2 rings (SSSR count). The molecule has 1 heterocycles. The van der Waals surface area contributed by atoms with Gasteiger partial charge in [-0.2, -0.15) is 0 Å². The van der Waals surface area contributed by atoms with Crippen molar-refractivity contribution in [1.29, 1.82) is 0 Å². The molecule has 10 heteroatoms. The van der Waals surface area contributed by atoms with E-state index in [1.807, 2.05) is 6.92 Å². The first kappa shape index (κ1) is 22.0. The predicted octanol–water partition coefficient (Wildman–Crippen LogP) is 1.67. The van der Waals surface area contributed by atoms with E-state index in [1.54, 1.807) is 0 Å². The number of rotatable bonds is 6. The smallest absolute Gasteiger partial charge is 0.214 e. The summed E-state index contributed by atoms with van der Waals surface area (Å²) < 4.78 is 51.6. The molecule has 1 aromatic rings. The van der Waals surface area contributed by atoms with Crippen molar-refractivity contribution in [2.75, 3.05) is 31.9 Å². The normalized spacial score (nSPS) is 17.2. The lowest BCUT2D eigenvalue weighted by Crippen LogP contribution is -2.42. The molecule has 2 N–H and O–H groups in total. The monoisotopic (exact) mass is 488 g/mol. The number of nitrogens with one attached hydrogen (secondary N) is 2. The molecule has 142 valence electrons. The number of hydrogen-bond acceptors (Lipinski definition) is 3. The minimum absolute atomic E-state index is 0. The van der Waals surface area contributed by atoms with Crippen molar-refractivity contribution >= 4 is 40.0 Å². The fourth-order valence-electron chi connectivity index (χ4n) is 2.41. The standard InChI is InChI=1S/C15H22F2N4O2S.HI/c1-2-18-15(19-6-8-21-7-3-9-24(21,22)23)20-11-12-10-13(16)4-5-14(12)17;/h4-5,10H,2-3,6-9,11H2,1H3,(H2,18,19,20);1H. The maximum absolute atomic E-state index is 13.6. The van der Waals surface area contributed by atoms with Crippen molar-refractivity contribution in [2.24, 2.45) is 4.99 Å². The van der Waals surface area contributed by atoms with E-state index in [0.717, 1.165) is 18.2 Å². The third kappa shape index (κ3) is 6.66. The molecular weight excluding hydrogens is 465 g/mol. The molecule has 25 heavy (non-hydrogen) atoms. The van der Waals surface area contributed by atoms with Gasteiger partial charge in [-0.15, -0.1) is 24.0 Å². The summed E-state index contributed by atoms with van der Waals surface area (Å²) in [6.07, 6.45) is 0.648. The Bertz CT molecular complexity index is 701. The number of sulfonamides is 1. The molecule has 0 bridgehead atoms. The van der Waals surface area contributed by atoms with Crippen molar-refractivity contribution < 1.29 is 17.2 Å². The predicted molar refractivity (Wildman–Crippen MR) is 105 cm³/mol. The van der Waals surface area contributed by atoms with Gasteiger partial charge in [0.2, 0.25) is 10.0 Å². The molecule has 0 unspecified atom stereocenters. The van der Waals surface area contributed by atoms with Crippen LogP contribution in [0, 0.1) is 11.6 Å². The van der Waals surface area contributed by atoms with Gasteiger partial charge in [-0.1, -0.05) is 0 Å². The summed E-state index contributed by atoms with van der Waals surface area (Å²) in [4.78, 5) is 4.21. The molecule has 1 aromatic carbocycles. The van der Waals surface area contributed by atoms with Gasteiger partial charge in [-0.05, 0) is 31.5 Å². The zero-order valence-corrected chi connectivity index (χ0v) is 17.1. The Labute approximate surface area is 164 Å². The second-order valence-corrected chi connectivity index (χ2v) is 7.51. The highest BCUT2D eigenvalue weighted by molar-refractivity contribution is 14.0. The van der Waals surface area contributed by atoms with E-state index >= 15 is 0 Å². The molecule has 1 aliphatic heterocycles. The number of hydrogen-bond donors (Lipinski definition) is 2. The summed E-state index contributed by atoms with van der Waals surface area (Å²) in [5.41, 5.74) is 0.161. The highest BCUT2D eigenvalue weighted by Crippen LogP contribution is 2.12. The van der Waals surface area contributed by atoms with Gasteiger partial charge in [-0.25, -0.2) is 26.5 Å². The van der Waals surface area contributed by atoms with E-state index in [9.17, 15) is 17.2 Å². The quantitative estimate of drug-likeness (QED) is 0.363. The van der Waals surface area contributed by atoms with Crippen LogP contribution in [-0.2, 0) is 16.6 Å². The lowest BCUT2D eigenvalue weighted by atomic mass is 10.2. The Kier molecular flexibility index (Phi) is 9.00. The lowest BCUT2D eigenvalue weighted by Gasteiger charge is -2.16. The van der Waals surface area contributed by atoms with Gasteiger partial charge >= 0.3 is 0 Å². The van der Waals surface area contributed by atoms with Crippen molar-refractivity contribution in [3.8, 4) is 0 Å². The van der Waals surface area contributed by atoms with Gasteiger partial charge in [0.25, 0.3) is 0 Å². The van der Waals surface area contributed by atoms with Crippen LogP contribution in [0.2, 0.25) is 0 Å².